The van der Waals surface area contributed by atoms with E-state index >= 15 is 0 Å². The van der Waals surface area contributed by atoms with Gasteiger partial charge in [0.25, 0.3) is 0 Å². The largest absolute Gasteiger partial charge is 0.496 e. The zero-order chi connectivity index (χ0) is 22.3. The normalized spacial score (nSPS) is 16.0. The van der Waals surface area contributed by atoms with Gasteiger partial charge >= 0.3 is 0 Å². The van der Waals surface area contributed by atoms with E-state index in [0.717, 1.165) is 28.1 Å². The van der Waals surface area contributed by atoms with Crippen molar-refractivity contribution in [3.63, 3.8) is 0 Å². The third kappa shape index (κ3) is 2.32. The molecule has 0 bridgehead atoms. The average molecular weight is 426 g/mol. The highest BCUT2D eigenvalue weighted by Crippen LogP contribution is 2.47. The lowest BCUT2D eigenvalue weighted by Crippen LogP contribution is -2.36. The fourth-order valence-corrected chi connectivity index (χ4v) is 5.25. The van der Waals surface area contributed by atoms with Crippen molar-refractivity contribution < 1.29 is 4.74 Å². The van der Waals surface area contributed by atoms with E-state index in [4.69, 9.17) is 9.72 Å². The Morgan fingerprint density at radius 3 is 2.38 bits per heavy atom. The number of benzene rings is 3. The molecule has 0 aliphatic carbocycles. The van der Waals surface area contributed by atoms with Gasteiger partial charge in [-0.2, -0.15) is 0 Å². The summed E-state index contributed by atoms with van der Waals surface area (Å²) in [6.45, 7) is 6.50. The van der Waals surface area contributed by atoms with Crippen LogP contribution in [0.3, 0.4) is 0 Å². The van der Waals surface area contributed by atoms with E-state index in [2.05, 4.69) is 102 Å². The summed E-state index contributed by atoms with van der Waals surface area (Å²) >= 11 is 0. The first-order chi connectivity index (χ1) is 15.4. The van der Waals surface area contributed by atoms with Crippen LogP contribution in [0.4, 0.5) is 17.1 Å². The molecule has 0 unspecified atom stereocenters. The number of para-hydroxylation sites is 2. The van der Waals surface area contributed by atoms with E-state index in [9.17, 15) is 0 Å². The molecule has 5 aromatic rings. The lowest BCUT2D eigenvalue weighted by molar-refractivity contribution is 0.411. The predicted octanol–water partition coefficient (Wildman–Crippen LogP) is 5.54. The monoisotopic (exact) mass is 425 g/mol. The first-order valence-corrected chi connectivity index (χ1v) is 11.0. The Kier molecular flexibility index (Phi) is 3.82. The molecular weight excluding hydrogens is 398 g/mol. The highest BCUT2D eigenvalue weighted by molar-refractivity contribution is 5.98. The van der Waals surface area contributed by atoms with Crippen molar-refractivity contribution in [3.05, 3.63) is 59.7 Å². The summed E-state index contributed by atoms with van der Waals surface area (Å²) in [5.41, 5.74) is 10.4. The molecule has 0 spiro atoms. The van der Waals surface area contributed by atoms with Crippen molar-refractivity contribution in [3.8, 4) is 5.75 Å². The van der Waals surface area contributed by atoms with Gasteiger partial charge in [-0.15, -0.1) is 0 Å². The molecule has 3 aromatic carbocycles. The number of ether oxygens (including phenoxy) is 1. The minimum absolute atomic E-state index is 0.176. The summed E-state index contributed by atoms with van der Waals surface area (Å²) in [5, 5.41) is 0. The van der Waals surface area contributed by atoms with Crippen LogP contribution >= 0.6 is 0 Å². The summed E-state index contributed by atoms with van der Waals surface area (Å²) in [6.07, 6.45) is 0.176. The zero-order valence-electron chi connectivity index (χ0n) is 19.3. The van der Waals surface area contributed by atoms with Crippen LogP contribution in [0, 0.1) is 13.8 Å². The fraction of sp³-hybridized carbons (Fsp3) is 0.269. The van der Waals surface area contributed by atoms with Gasteiger partial charge in [-0.05, 0) is 62.7 Å². The van der Waals surface area contributed by atoms with Crippen LogP contribution in [0.1, 0.15) is 18.1 Å². The Labute approximate surface area is 187 Å². The lowest BCUT2D eigenvalue weighted by Gasteiger charge is -2.30. The Bertz CT molecular complexity index is 1540. The first kappa shape index (κ1) is 19.0. The van der Waals surface area contributed by atoms with Gasteiger partial charge in [-0.1, -0.05) is 12.1 Å². The third-order valence-corrected chi connectivity index (χ3v) is 7.05. The smallest absolute Gasteiger partial charge is 0.215 e. The number of anilines is 3. The highest BCUT2D eigenvalue weighted by Gasteiger charge is 2.34. The maximum Gasteiger partial charge on any atom is 0.215 e. The molecule has 0 N–H and O–H groups in total. The zero-order valence-corrected chi connectivity index (χ0v) is 19.3. The molecule has 2 aromatic heterocycles. The molecule has 6 rings (SSSR count). The Balaban J connectivity index is 1.67. The van der Waals surface area contributed by atoms with Crippen molar-refractivity contribution in [1.82, 2.24) is 14.0 Å². The molecule has 0 radical (unpaired) electrons. The molecule has 6 heteroatoms. The minimum Gasteiger partial charge on any atom is -0.496 e. The molecule has 0 fully saturated rings. The number of rotatable bonds is 2. The van der Waals surface area contributed by atoms with Crippen LogP contribution in [0.25, 0.3) is 27.8 Å². The molecule has 0 saturated carbocycles. The van der Waals surface area contributed by atoms with Gasteiger partial charge in [0, 0.05) is 25.3 Å². The van der Waals surface area contributed by atoms with Crippen LogP contribution in [-0.4, -0.2) is 34.3 Å². The van der Waals surface area contributed by atoms with E-state index in [1.165, 1.54) is 33.7 Å². The summed E-state index contributed by atoms with van der Waals surface area (Å²) in [6, 6.07) is 17.4. The maximum atomic E-state index is 5.69. The second-order valence-corrected chi connectivity index (χ2v) is 8.85. The Hall–Kier alpha value is -3.67. The fourth-order valence-electron chi connectivity index (χ4n) is 5.25. The van der Waals surface area contributed by atoms with Crippen molar-refractivity contribution in [1.29, 1.82) is 0 Å². The molecule has 6 nitrogen and oxygen atoms in total. The molecule has 32 heavy (non-hydrogen) atoms. The van der Waals surface area contributed by atoms with E-state index in [-0.39, 0.29) is 6.17 Å². The predicted molar refractivity (Wildman–Crippen MR) is 132 cm³/mol. The molecular formula is C26H27N5O. The third-order valence-electron chi connectivity index (χ3n) is 7.05. The van der Waals surface area contributed by atoms with Gasteiger partial charge in [-0.3, -0.25) is 4.40 Å². The number of hydrogen-bond donors (Lipinski definition) is 0. The summed E-state index contributed by atoms with van der Waals surface area (Å²) in [5.74, 6) is 1.88. The molecule has 1 aliphatic rings. The van der Waals surface area contributed by atoms with Crippen LogP contribution in [-0.2, 0) is 7.05 Å². The number of imidazole rings is 2. The molecule has 3 heterocycles. The summed E-state index contributed by atoms with van der Waals surface area (Å²) < 4.78 is 10.1. The van der Waals surface area contributed by atoms with Gasteiger partial charge in [0.2, 0.25) is 5.78 Å². The summed E-state index contributed by atoms with van der Waals surface area (Å²) in [4.78, 5) is 9.75. The number of hydrogen-bond acceptors (Lipinski definition) is 4. The van der Waals surface area contributed by atoms with Crippen LogP contribution in [0.15, 0.2) is 48.5 Å². The van der Waals surface area contributed by atoms with Gasteiger partial charge in [-0.25, -0.2) is 4.98 Å². The highest BCUT2D eigenvalue weighted by atomic mass is 16.5. The molecule has 1 atom stereocenters. The number of nitrogens with zero attached hydrogens (tertiary/aromatic N) is 5. The molecule has 162 valence electrons. The van der Waals surface area contributed by atoms with E-state index < -0.39 is 0 Å². The molecule has 1 aliphatic heterocycles. The van der Waals surface area contributed by atoms with Crippen molar-refractivity contribution in [2.24, 2.45) is 7.05 Å². The van der Waals surface area contributed by atoms with E-state index in [0.29, 0.717) is 0 Å². The van der Waals surface area contributed by atoms with Gasteiger partial charge in [0.15, 0.2) is 0 Å². The minimum atomic E-state index is 0.176. The molecule has 0 saturated heterocycles. The van der Waals surface area contributed by atoms with Crippen LogP contribution in [0.5, 0.6) is 5.75 Å². The SMILES string of the molecule is COc1cc(C)cc(N2c3cc4c(cc3N(C)[C@@H]2C)nc2n(C)c3ccccc3n42)c1C. The maximum absolute atomic E-state index is 5.69. The second kappa shape index (κ2) is 6.42. The standard InChI is InChI=1S/C26H27N5O/c1-15-11-21(16(2)25(12-15)32-6)30-17(3)28(4)23-13-18-22(14-24(23)30)31-20-10-8-7-9-19(20)29(5)26(31)27-18/h7-14,17H,1-6H3/t17-/m0/s1. The van der Waals surface area contributed by atoms with Gasteiger partial charge < -0.3 is 19.1 Å². The number of fused-ring (bicyclic) bond motifs is 6. The number of aryl methyl sites for hydroxylation is 2. The quantitative estimate of drug-likeness (QED) is 0.372. The van der Waals surface area contributed by atoms with E-state index in [1.807, 2.05) is 0 Å². The summed E-state index contributed by atoms with van der Waals surface area (Å²) in [7, 11) is 5.98. The van der Waals surface area contributed by atoms with Crippen molar-refractivity contribution in [2.75, 3.05) is 24.0 Å². The second-order valence-electron chi connectivity index (χ2n) is 8.85. The van der Waals surface area contributed by atoms with Crippen LogP contribution < -0.4 is 14.5 Å². The first-order valence-electron chi connectivity index (χ1n) is 11.0. The Morgan fingerprint density at radius 2 is 1.62 bits per heavy atom. The topological polar surface area (TPSA) is 37.9 Å². The number of methoxy groups -OCH3 is 1. The number of aromatic nitrogens is 3. The van der Waals surface area contributed by atoms with Crippen molar-refractivity contribution in [2.45, 2.75) is 26.9 Å². The average Bonchev–Trinajstić information content (AvgIpc) is 3.37. The van der Waals surface area contributed by atoms with Crippen molar-refractivity contribution >= 4 is 44.9 Å². The Morgan fingerprint density at radius 1 is 0.875 bits per heavy atom. The molecule has 0 amide bonds. The van der Waals surface area contributed by atoms with Crippen LogP contribution in [0.2, 0.25) is 0 Å². The lowest BCUT2D eigenvalue weighted by atomic mass is 10.1. The van der Waals surface area contributed by atoms with Gasteiger partial charge in [0.05, 0.1) is 40.6 Å². The van der Waals surface area contributed by atoms with E-state index in [1.54, 1.807) is 7.11 Å². The van der Waals surface area contributed by atoms with Gasteiger partial charge in [0.1, 0.15) is 11.9 Å².